The lowest BCUT2D eigenvalue weighted by Crippen LogP contribution is -2.05. The van der Waals surface area contributed by atoms with E-state index in [1.54, 1.807) is 27.6 Å². The average Bonchev–Trinajstić information content (AvgIpc) is 3.03. The molecule has 0 aromatic carbocycles. The van der Waals surface area contributed by atoms with Crippen LogP contribution in [0.2, 0.25) is 0 Å². The first-order valence-corrected chi connectivity index (χ1v) is 5.93. The van der Waals surface area contributed by atoms with Crippen LogP contribution >= 0.6 is 0 Å². The van der Waals surface area contributed by atoms with Gasteiger partial charge in [-0.05, 0) is 18.2 Å². The molecule has 0 saturated carbocycles. The van der Waals surface area contributed by atoms with Gasteiger partial charge in [0.25, 0.3) is 0 Å². The van der Waals surface area contributed by atoms with Gasteiger partial charge < -0.3 is 11.5 Å². The Morgan fingerprint density at radius 3 is 2.75 bits per heavy atom. The van der Waals surface area contributed by atoms with E-state index in [0.717, 1.165) is 16.9 Å². The molecule has 4 N–H and O–H groups in total. The lowest BCUT2D eigenvalue weighted by atomic mass is 10.2. The molecule has 0 atom stereocenters. The fourth-order valence-electron chi connectivity index (χ4n) is 2.24. The van der Waals surface area contributed by atoms with Crippen molar-refractivity contribution in [3.63, 3.8) is 0 Å². The number of fused-ring (bicyclic) bond motifs is 2. The summed E-state index contributed by atoms with van der Waals surface area (Å²) in [6.07, 6.45) is 5.26. The summed E-state index contributed by atoms with van der Waals surface area (Å²) in [4.78, 5) is 8.15. The second kappa shape index (κ2) is 3.67. The Labute approximate surface area is 112 Å². The molecule has 0 bridgehead atoms. The third kappa shape index (κ3) is 1.41. The van der Waals surface area contributed by atoms with E-state index in [2.05, 4.69) is 20.2 Å². The zero-order valence-corrected chi connectivity index (χ0v) is 10.3. The van der Waals surface area contributed by atoms with E-state index in [9.17, 15) is 0 Å². The van der Waals surface area contributed by atoms with E-state index in [4.69, 9.17) is 11.5 Å². The van der Waals surface area contributed by atoms with E-state index in [0.29, 0.717) is 11.3 Å². The Balaban J connectivity index is 2.01. The van der Waals surface area contributed by atoms with E-state index in [1.165, 1.54) is 0 Å². The van der Waals surface area contributed by atoms with Crippen LogP contribution < -0.4 is 11.5 Å². The molecule has 98 valence electrons. The molecule has 0 amide bonds. The third-order valence-corrected chi connectivity index (χ3v) is 3.09. The summed E-state index contributed by atoms with van der Waals surface area (Å²) >= 11 is 0. The van der Waals surface area contributed by atoms with Gasteiger partial charge in [0, 0.05) is 24.2 Å². The lowest BCUT2D eigenvalue weighted by molar-refractivity contribution is 0.920. The standard InChI is InChI=1S/C12H10N8/c13-11-10-7(3-5-20(10)18-12(14)16-11)8-1-2-9-15-4-6-19(9)17-8/h1-6H,(H4,13,14,16,18). The summed E-state index contributed by atoms with van der Waals surface area (Å²) in [5.41, 5.74) is 14.6. The third-order valence-electron chi connectivity index (χ3n) is 3.09. The van der Waals surface area contributed by atoms with E-state index < -0.39 is 0 Å². The van der Waals surface area contributed by atoms with Crippen LogP contribution in [0.4, 0.5) is 11.8 Å². The first kappa shape index (κ1) is 10.7. The van der Waals surface area contributed by atoms with E-state index in [-0.39, 0.29) is 5.95 Å². The number of hydrogen-bond donors (Lipinski definition) is 2. The molecule has 4 heterocycles. The van der Waals surface area contributed by atoms with E-state index >= 15 is 0 Å². The van der Waals surface area contributed by atoms with Gasteiger partial charge in [0.2, 0.25) is 5.95 Å². The molecule has 0 unspecified atom stereocenters. The highest BCUT2D eigenvalue weighted by molar-refractivity contribution is 5.86. The van der Waals surface area contributed by atoms with Gasteiger partial charge in [0.15, 0.2) is 11.5 Å². The molecule has 8 nitrogen and oxygen atoms in total. The van der Waals surface area contributed by atoms with Crippen LogP contribution in [0.5, 0.6) is 0 Å². The number of hydrogen-bond acceptors (Lipinski definition) is 6. The number of aromatic nitrogens is 6. The fraction of sp³-hybridized carbons (Fsp3) is 0. The quantitative estimate of drug-likeness (QED) is 0.521. The maximum atomic E-state index is 5.93. The number of anilines is 2. The van der Waals surface area contributed by atoms with Crippen molar-refractivity contribution in [3.8, 4) is 11.3 Å². The Morgan fingerprint density at radius 2 is 1.85 bits per heavy atom. The van der Waals surface area contributed by atoms with Gasteiger partial charge in [-0.2, -0.15) is 10.1 Å². The first-order chi connectivity index (χ1) is 9.72. The van der Waals surface area contributed by atoms with Gasteiger partial charge in [-0.3, -0.25) is 0 Å². The van der Waals surface area contributed by atoms with Gasteiger partial charge >= 0.3 is 0 Å². The monoisotopic (exact) mass is 266 g/mol. The lowest BCUT2D eigenvalue weighted by Gasteiger charge is -2.03. The largest absolute Gasteiger partial charge is 0.382 e. The van der Waals surface area contributed by atoms with Crippen molar-refractivity contribution >= 4 is 22.9 Å². The number of nitrogens with zero attached hydrogens (tertiary/aromatic N) is 6. The maximum absolute atomic E-state index is 5.93. The summed E-state index contributed by atoms with van der Waals surface area (Å²) in [6.45, 7) is 0. The predicted octanol–water partition coefficient (Wildman–Crippen LogP) is 0.603. The van der Waals surface area contributed by atoms with Gasteiger partial charge in [-0.1, -0.05) is 0 Å². The molecule has 4 rings (SSSR count). The van der Waals surface area contributed by atoms with Crippen molar-refractivity contribution in [1.82, 2.24) is 29.2 Å². The zero-order chi connectivity index (χ0) is 13.7. The molecule has 20 heavy (non-hydrogen) atoms. The molecule has 0 aliphatic heterocycles. The molecule has 0 aliphatic carbocycles. The minimum atomic E-state index is 0.134. The van der Waals surface area contributed by atoms with Crippen LogP contribution in [0.15, 0.2) is 36.8 Å². The van der Waals surface area contributed by atoms with E-state index in [1.807, 2.05) is 18.2 Å². The van der Waals surface area contributed by atoms with Crippen molar-refractivity contribution < 1.29 is 0 Å². The van der Waals surface area contributed by atoms with Gasteiger partial charge in [-0.15, -0.1) is 5.10 Å². The maximum Gasteiger partial charge on any atom is 0.240 e. The SMILES string of the molecule is Nc1nc(N)c2c(-c3ccc4nccn4n3)ccn2n1. The second-order valence-corrected chi connectivity index (χ2v) is 4.33. The summed E-state index contributed by atoms with van der Waals surface area (Å²) in [7, 11) is 0. The molecular weight excluding hydrogens is 256 g/mol. The first-order valence-electron chi connectivity index (χ1n) is 5.93. The van der Waals surface area contributed by atoms with Crippen LogP contribution in [0, 0.1) is 0 Å². The molecule has 0 spiro atoms. The molecular formula is C12H10N8. The van der Waals surface area contributed by atoms with Crippen molar-refractivity contribution in [1.29, 1.82) is 0 Å². The minimum Gasteiger partial charge on any atom is -0.382 e. The Hall–Kier alpha value is -3.16. The molecule has 4 aromatic heterocycles. The molecule has 0 fully saturated rings. The van der Waals surface area contributed by atoms with Crippen molar-refractivity contribution in [2.24, 2.45) is 0 Å². The summed E-state index contributed by atoms with van der Waals surface area (Å²) < 4.78 is 3.31. The molecule has 8 heteroatoms. The van der Waals surface area contributed by atoms with Crippen LogP contribution in [0.1, 0.15) is 0 Å². The molecule has 0 radical (unpaired) electrons. The topological polar surface area (TPSA) is 112 Å². The van der Waals surface area contributed by atoms with Crippen molar-refractivity contribution in [2.75, 3.05) is 11.5 Å². The molecule has 4 aromatic rings. The van der Waals surface area contributed by atoms with Gasteiger partial charge in [-0.25, -0.2) is 14.0 Å². The number of nitrogen functional groups attached to an aromatic ring is 2. The Morgan fingerprint density at radius 1 is 0.950 bits per heavy atom. The van der Waals surface area contributed by atoms with Gasteiger partial charge in [0.1, 0.15) is 5.52 Å². The molecule has 0 saturated heterocycles. The number of rotatable bonds is 1. The second-order valence-electron chi connectivity index (χ2n) is 4.33. The van der Waals surface area contributed by atoms with Crippen LogP contribution in [0.25, 0.3) is 22.4 Å². The predicted molar refractivity (Wildman–Crippen MR) is 73.8 cm³/mol. The minimum absolute atomic E-state index is 0.134. The highest BCUT2D eigenvalue weighted by atomic mass is 15.3. The number of nitrogens with two attached hydrogens (primary N) is 2. The average molecular weight is 266 g/mol. The van der Waals surface area contributed by atoms with Gasteiger partial charge in [0.05, 0.1) is 5.69 Å². The Kier molecular flexibility index (Phi) is 1.97. The summed E-state index contributed by atoms with van der Waals surface area (Å²) in [5, 5.41) is 8.58. The highest BCUT2D eigenvalue weighted by Gasteiger charge is 2.12. The fourth-order valence-corrected chi connectivity index (χ4v) is 2.24. The van der Waals surface area contributed by atoms with Crippen LogP contribution in [-0.2, 0) is 0 Å². The number of imidazole rings is 1. The van der Waals surface area contributed by atoms with Crippen LogP contribution in [-0.4, -0.2) is 29.2 Å². The summed E-state index contributed by atoms with van der Waals surface area (Å²) in [6, 6.07) is 5.65. The summed E-state index contributed by atoms with van der Waals surface area (Å²) in [5.74, 6) is 0.459. The van der Waals surface area contributed by atoms with Crippen molar-refractivity contribution in [2.45, 2.75) is 0 Å². The van der Waals surface area contributed by atoms with Crippen molar-refractivity contribution in [3.05, 3.63) is 36.8 Å². The highest BCUT2D eigenvalue weighted by Crippen LogP contribution is 2.27. The smallest absolute Gasteiger partial charge is 0.240 e. The normalized spacial score (nSPS) is 11.4. The zero-order valence-electron chi connectivity index (χ0n) is 10.3. The molecule has 0 aliphatic rings. The van der Waals surface area contributed by atoms with Crippen LogP contribution in [0.3, 0.4) is 0 Å². The Bertz CT molecular complexity index is 935.